The maximum atomic E-state index is 11.7. The van der Waals surface area contributed by atoms with Gasteiger partial charge in [-0.2, -0.15) is 0 Å². The molecule has 0 saturated heterocycles. The van der Waals surface area contributed by atoms with E-state index in [9.17, 15) is 4.79 Å². The van der Waals surface area contributed by atoms with Gasteiger partial charge in [-0.05, 0) is 13.9 Å². The number of carbonyl (C=O) groups is 1. The first kappa shape index (κ1) is 5.49. The molecule has 1 aromatic rings. The third kappa shape index (κ3) is 1.92. The Morgan fingerprint density at radius 1 is 1.50 bits per heavy atom. The first-order chi connectivity index (χ1) is 6.90. The first-order valence-corrected chi connectivity index (χ1v) is 3.77. The van der Waals surface area contributed by atoms with Gasteiger partial charge in [0.1, 0.15) is 0 Å². The van der Waals surface area contributed by atoms with Crippen molar-refractivity contribution in [2.75, 3.05) is 6.98 Å². The molecule has 0 spiro atoms. The average Bonchev–Trinajstić information content (AvgIpc) is 2.15. The number of hydrogen-bond acceptors (Lipinski definition) is 2. The van der Waals surface area contributed by atoms with Crippen molar-refractivity contribution >= 4 is 5.78 Å². The Bertz CT molecular complexity index is 334. The number of rotatable bonds is 3. The summed E-state index contributed by atoms with van der Waals surface area (Å²) in [5.74, 6) is -0.216. The third-order valence-electron chi connectivity index (χ3n) is 1.67. The molecule has 0 aliphatic heterocycles. The molecule has 0 saturated carbocycles. The van der Waals surface area contributed by atoms with Gasteiger partial charge in [-0.3, -0.25) is 4.79 Å². The van der Waals surface area contributed by atoms with Crippen molar-refractivity contribution < 1.29 is 8.91 Å². The SMILES string of the molecule is [2H]C([2H])([2H])NC(C)C(=O)c1ccccc1. The van der Waals surface area contributed by atoms with E-state index in [-0.39, 0.29) is 5.78 Å². The molecule has 0 fully saturated rings. The minimum atomic E-state index is -2.29. The molecular weight excluding hydrogens is 150 g/mol. The number of carbonyl (C=O) groups excluding carboxylic acids is 1. The van der Waals surface area contributed by atoms with Gasteiger partial charge in [0.05, 0.1) is 6.04 Å². The van der Waals surface area contributed by atoms with E-state index in [1.807, 2.05) is 0 Å². The summed E-state index contributed by atoms with van der Waals surface area (Å²) in [6, 6.07) is 7.92. The van der Waals surface area contributed by atoms with Crippen LogP contribution in [0.25, 0.3) is 0 Å². The lowest BCUT2D eigenvalue weighted by Crippen LogP contribution is -2.30. The van der Waals surface area contributed by atoms with E-state index < -0.39 is 13.0 Å². The van der Waals surface area contributed by atoms with Gasteiger partial charge in [-0.25, -0.2) is 0 Å². The van der Waals surface area contributed by atoms with Gasteiger partial charge in [-0.15, -0.1) is 0 Å². The van der Waals surface area contributed by atoms with Gasteiger partial charge < -0.3 is 5.32 Å². The van der Waals surface area contributed by atoms with Crippen molar-refractivity contribution in [3.05, 3.63) is 35.9 Å². The molecule has 0 aliphatic carbocycles. The van der Waals surface area contributed by atoms with Gasteiger partial charge in [0, 0.05) is 9.68 Å². The lowest BCUT2D eigenvalue weighted by atomic mass is 10.1. The van der Waals surface area contributed by atoms with E-state index in [0.717, 1.165) is 0 Å². The number of Topliss-reactive ketones (excluding diaryl/α,β-unsaturated/α-hetero) is 1. The predicted molar refractivity (Wildman–Crippen MR) is 49.3 cm³/mol. The maximum Gasteiger partial charge on any atom is 0.179 e. The van der Waals surface area contributed by atoms with Crippen molar-refractivity contribution in [3.63, 3.8) is 0 Å². The van der Waals surface area contributed by atoms with Crippen molar-refractivity contribution in [3.8, 4) is 0 Å². The molecule has 2 heteroatoms. The normalized spacial score (nSPS) is 17.2. The molecule has 0 bridgehead atoms. The van der Waals surface area contributed by atoms with Gasteiger partial charge >= 0.3 is 0 Å². The molecule has 1 aromatic carbocycles. The minimum absolute atomic E-state index is 0.216. The second-order valence-corrected chi connectivity index (χ2v) is 2.60. The van der Waals surface area contributed by atoms with E-state index >= 15 is 0 Å². The Morgan fingerprint density at radius 3 is 2.75 bits per heavy atom. The first-order valence-electron chi connectivity index (χ1n) is 5.27. The van der Waals surface area contributed by atoms with Crippen LogP contribution in [-0.2, 0) is 0 Å². The Labute approximate surface area is 76.8 Å². The lowest BCUT2D eigenvalue weighted by Gasteiger charge is -2.07. The highest BCUT2D eigenvalue weighted by molar-refractivity contribution is 5.99. The fraction of sp³-hybridized carbons (Fsp3) is 0.300. The summed E-state index contributed by atoms with van der Waals surface area (Å²) >= 11 is 0. The van der Waals surface area contributed by atoms with Gasteiger partial charge in [0.15, 0.2) is 5.78 Å². The molecule has 0 amide bonds. The molecule has 0 heterocycles. The fourth-order valence-electron chi connectivity index (χ4n) is 0.918. The fourth-order valence-corrected chi connectivity index (χ4v) is 0.918. The highest BCUT2D eigenvalue weighted by Crippen LogP contribution is 2.02. The van der Waals surface area contributed by atoms with Crippen LogP contribution < -0.4 is 5.32 Å². The average molecular weight is 166 g/mol. The second kappa shape index (κ2) is 4.02. The standard InChI is InChI=1S/C10H13NO/c1-8(11-2)10(12)9-6-4-3-5-7-9/h3-8,11H,1-2H3/i2D3. The Hall–Kier alpha value is -1.15. The molecule has 1 unspecified atom stereocenters. The summed E-state index contributed by atoms with van der Waals surface area (Å²) in [5, 5.41) is 2.27. The zero-order valence-electron chi connectivity index (χ0n) is 9.87. The summed E-state index contributed by atoms with van der Waals surface area (Å²) in [7, 11) is 0. The summed E-state index contributed by atoms with van der Waals surface area (Å²) in [6.45, 7) is -0.744. The molecule has 1 N–H and O–H groups in total. The molecule has 64 valence electrons. The zero-order chi connectivity index (χ0) is 11.5. The van der Waals surface area contributed by atoms with Gasteiger partial charge in [0.2, 0.25) is 0 Å². The van der Waals surface area contributed by atoms with Crippen molar-refractivity contribution in [2.24, 2.45) is 0 Å². The number of ketones is 1. The predicted octanol–water partition coefficient (Wildman–Crippen LogP) is 1.48. The van der Waals surface area contributed by atoms with Crippen LogP contribution in [0.15, 0.2) is 30.3 Å². The quantitative estimate of drug-likeness (QED) is 0.689. The van der Waals surface area contributed by atoms with Crippen LogP contribution >= 0.6 is 0 Å². The highest BCUT2D eigenvalue weighted by atomic mass is 16.1. The summed E-state index contributed by atoms with van der Waals surface area (Å²) in [6.07, 6.45) is 0. The third-order valence-corrected chi connectivity index (χ3v) is 1.67. The Balaban J connectivity index is 2.70. The second-order valence-electron chi connectivity index (χ2n) is 2.60. The summed E-state index contributed by atoms with van der Waals surface area (Å²) < 4.78 is 21.0. The topological polar surface area (TPSA) is 29.1 Å². The van der Waals surface area contributed by atoms with Gasteiger partial charge in [-0.1, -0.05) is 30.3 Å². The molecule has 0 aromatic heterocycles. The van der Waals surface area contributed by atoms with E-state index in [1.165, 1.54) is 0 Å². The molecule has 0 radical (unpaired) electrons. The highest BCUT2D eigenvalue weighted by Gasteiger charge is 2.11. The van der Waals surface area contributed by atoms with Crippen LogP contribution in [0.2, 0.25) is 0 Å². The minimum Gasteiger partial charge on any atom is -0.310 e. The van der Waals surface area contributed by atoms with E-state index in [0.29, 0.717) is 5.56 Å². The van der Waals surface area contributed by atoms with Crippen LogP contribution in [-0.4, -0.2) is 18.8 Å². The van der Waals surface area contributed by atoms with Crippen LogP contribution in [0.4, 0.5) is 0 Å². The van der Waals surface area contributed by atoms with Crippen LogP contribution in [0.5, 0.6) is 0 Å². The molecule has 12 heavy (non-hydrogen) atoms. The summed E-state index contributed by atoms with van der Waals surface area (Å²) in [5.41, 5.74) is 0.516. The summed E-state index contributed by atoms with van der Waals surface area (Å²) in [4.78, 5) is 11.7. The molecular formula is C10H13NO. The van der Waals surface area contributed by atoms with Crippen molar-refractivity contribution in [2.45, 2.75) is 13.0 Å². The van der Waals surface area contributed by atoms with Crippen LogP contribution in [0.1, 0.15) is 21.4 Å². The Kier molecular flexibility index (Phi) is 1.84. The number of hydrogen-bond donors (Lipinski definition) is 1. The number of likely N-dealkylation sites (N-methyl/N-ethyl adjacent to an activating group) is 1. The van der Waals surface area contributed by atoms with Gasteiger partial charge in [0.25, 0.3) is 0 Å². The smallest absolute Gasteiger partial charge is 0.179 e. The lowest BCUT2D eigenvalue weighted by molar-refractivity contribution is 0.0955. The molecule has 0 aliphatic rings. The number of benzene rings is 1. The van der Waals surface area contributed by atoms with Crippen molar-refractivity contribution in [1.82, 2.24) is 5.32 Å². The van der Waals surface area contributed by atoms with E-state index in [1.54, 1.807) is 37.3 Å². The van der Waals surface area contributed by atoms with Crippen LogP contribution in [0, 0.1) is 0 Å². The molecule has 1 atom stereocenters. The van der Waals surface area contributed by atoms with E-state index in [4.69, 9.17) is 4.11 Å². The Morgan fingerprint density at radius 2 is 2.17 bits per heavy atom. The van der Waals surface area contributed by atoms with E-state index in [2.05, 4.69) is 5.32 Å². The van der Waals surface area contributed by atoms with Crippen LogP contribution in [0.3, 0.4) is 0 Å². The van der Waals surface area contributed by atoms with Crippen molar-refractivity contribution in [1.29, 1.82) is 0 Å². The molecule has 1 rings (SSSR count). The maximum absolute atomic E-state index is 11.7. The zero-order valence-corrected chi connectivity index (χ0v) is 6.87. The number of nitrogens with one attached hydrogen (secondary N) is 1. The largest absolute Gasteiger partial charge is 0.310 e. The molecule has 2 nitrogen and oxygen atoms in total. The monoisotopic (exact) mass is 166 g/mol.